The van der Waals surface area contributed by atoms with Crippen LogP contribution in [0.15, 0.2) is 42.5 Å². The van der Waals surface area contributed by atoms with Gasteiger partial charge in [-0.2, -0.15) is 0 Å². The highest BCUT2D eigenvalue weighted by atomic mass is 16.5. The van der Waals surface area contributed by atoms with Crippen molar-refractivity contribution in [2.75, 3.05) is 24.6 Å². The first-order valence-corrected chi connectivity index (χ1v) is 10.9. The third kappa shape index (κ3) is 5.72. The van der Waals surface area contributed by atoms with Gasteiger partial charge in [-0.3, -0.25) is 4.79 Å². The van der Waals surface area contributed by atoms with Crippen LogP contribution in [0.5, 0.6) is 5.75 Å². The minimum Gasteiger partial charge on any atom is -0.489 e. The maximum Gasteiger partial charge on any atom is 0.217 e. The number of aliphatic hydroxyl groups excluding tert-OH is 1. The van der Waals surface area contributed by atoms with Crippen LogP contribution in [0.3, 0.4) is 0 Å². The van der Waals surface area contributed by atoms with Crippen LogP contribution in [-0.4, -0.2) is 41.8 Å². The van der Waals surface area contributed by atoms with Crippen molar-refractivity contribution in [3.05, 3.63) is 53.7 Å². The van der Waals surface area contributed by atoms with Gasteiger partial charge in [-0.1, -0.05) is 25.1 Å². The predicted molar refractivity (Wildman–Crippen MR) is 119 cm³/mol. The standard InChI is InChI=1S/C24H33N3O3/c1-4-19(13-15-28)23-6-5-7-24(26-23)27-14-12-22(16-27)30-21-10-8-20(9-11-21)17(2)25-18(3)29/h5-11,17,19,22,28H,4,12-16H2,1-3H3,(H,25,29). The summed E-state index contributed by atoms with van der Waals surface area (Å²) >= 11 is 0. The molecule has 3 rings (SSSR count). The Bertz CT molecular complexity index is 825. The zero-order valence-corrected chi connectivity index (χ0v) is 18.2. The molecular weight excluding hydrogens is 378 g/mol. The van der Waals surface area contributed by atoms with E-state index in [4.69, 9.17) is 9.72 Å². The number of aliphatic hydroxyl groups is 1. The highest BCUT2D eigenvalue weighted by molar-refractivity contribution is 5.73. The summed E-state index contributed by atoms with van der Waals surface area (Å²) in [5.74, 6) is 2.09. The number of amides is 1. The molecule has 0 radical (unpaired) electrons. The lowest BCUT2D eigenvalue weighted by Gasteiger charge is -2.21. The van der Waals surface area contributed by atoms with E-state index >= 15 is 0 Å². The summed E-state index contributed by atoms with van der Waals surface area (Å²) in [7, 11) is 0. The second kappa shape index (κ2) is 10.4. The summed E-state index contributed by atoms with van der Waals surface area (Å²) in [6.07, 6.45) is 2.78. The van der Waals surface area contributed by atoms with Crippen molar-refractivity contribution >= 4 is 11.7 Å². The van der Waals surface area contributed by atoms with E-state index in [9.17, 15) is 9.90 Å². The number of carbonyl (C=O) groups is 1. The van der Waals surface area contributed by atoms with Crippen molar-refractivity contribution in [1.29, 1.82) is 0 Å². The van der Waals surface area contributed by atoms with Crippen molar-refractivity contribution in [1.82, 2.24) is 10.3 Å². The lowest BCUT2D eigenvalue weighted by molar-refractivity contribution is -0.119. The second-order valence-electron chi connectivity index (χ2n) is 8.00. The molecule has 1 fully saturated rings. The van der Waals surface area contributed by atoms with Gasteiger partial charge in [-0.25, -0.2) is 4.98 Å². The maximum absolute atomic E-state index is 11.2. The molecular formula is C24H33N3O3. The van der Waals surface area contributed by atoms with E-state index in [1.54, 1.807) is 0 Å². The number of pyridine rings is 1. The van der Waals surface area contributed by atoms with Gasteiger partial charge >= 0.3 is 0 Å². The van der Waals surface area contributed by atoms with Gasteiger partial charge in [-0.15, -0.1) is 0 Å². The molecule has 30 heavy (non-hydrogen) atoms. The normalized spacial score (nSPS) is 18.1. The summed E-state index contributed by atoms with van der Waals surface area (Å²) < 4.78 is 6.19. The van der Waals surface area contributed by atoms with Gasteiger partial charge < -0.3 is 20.1 Å². The van der Waals surface area contributed by atoms with Gasteiger partial charge in [0.05, 0.1) is 12.6 Å². The molecule has 1 amide bonds. The number of anilines is 1. The zero-order valence-electron chi connectivity index (χ0n) is 18.2. The van der Waals surface area contributed by atoms with Gasteiger partial charge in [0.2, 0.25) is 5.91 Å². The number of aromatic nitrogens is 1. The number of nitrogens with zero attached hydrogens (tertiary/aromatic N) is 2. The van der Waals surface area contributed by atoms with Crippen LogP contribution in [0, 0.1) is 0 Å². The molecule has 6 heteroatoms. The topological polar surface area (TPSA) is 74.7 Å². The molecule has 1 aromatic heterocycles. The molecule has 2 aromatic rings. The summed E-state index contributed by atoms with van der Waals surface area (Å²) in [5.41, 5.74) is 2.11. The fourth-order valence-corrected chi connectivity index (χ4v) is 4.01. The van der Waals surface area contributed by atoms with Crippen LogP contribution in [0.4, 0.5) is 5.82 Å². The number of nitrogens with one attached hydrogen (secondary N) is 1. The summed E-state index contributed by atoms with van der Waals surface area (Å²) in [4.78, 5) is 18.4. The van der Waals surface area contributed by atoms with Crippen LogP contribution < -0.4 is 15.0 Å². The average Bonchev–Trinajstić information content (AvgIpc) is 3.20. The third-order valence-electron chi connectivity index (χ3n) is 5.72. The van der Waals surface area contributed by atoms with E-state index < -0.39 is 0 Å². The number of hydrogen-bond acceptors (Lipinski definition) is 5. The van der Waals surface area contributed by atoms with Crippen LogP contribution >= 0.6 is 0 Å². The largest absolute Gasteiger partial charge is 0.489 e. The number of hydrogen-bond donors (Lipinski definition) is 2. The monoisotopic (exact) mass is 411 g/mol. The molecule has 0 spiro atoms. The lowest BCUT2D eigenvalue weighted by atomic mass is 9.98. The van der Waals surface area contributed by atoms with Crippen molar-refractivity contribution in [2.45, 2.75) is 58.1 Å². The van der Waals surface area contributed by atoms with Crippen molar-refractivity contribution in [3.8, 4) is 5.75 Å². The zero-order chi connectivity index (χ0) is 21.5. The lowest BCUT2D eigenvalue weighted by Crippen LogP contribution is -2.25. The molecule has 1 aromatic carbocycles. The van der Waals surface area contributed by atoms with Crippen molar-refractivity contribution in [3.63, 3.8) is 0 Å². The molecule has 0 saturated carbocycles. The molecule has 3 unspecified atom stereocenters. The molecule has 6 nitrogen and oxygen atoms in total. The third-order valence-corrected chi connectivity index (χ3v) is 5.72. The van der Waals surface area contributed by atoms with Gasteiger partial charge in [0, 0.05) is 38.1 Å². The number of benzene rings is 1. The SMILES string of the molecule is CCC(CCO)c1cccc(N2CCC(Oc3ccc(C(C)NC(C)=O)cc3)C2)n1. The fraction of sp³-hybridized carbons (Fsp3) is 0.500. The molecule has 2 heterocycles. The van der Waals surface area contributed by atoms with Crippen molar-refractivity contribution < 1.29 is 14.6 Å². The smallest absolute Gasteiger partial charge is 0.217 e. The Kier molecular flexibility index (Phi) is 7.69. The van der Waals surface area contributed by atoms with E-state index in [1.807, 2.05) is 31.2 Å². The molecule has 1 aliphatic heterocycles. The Morgan fingerprint density at radius 1 is 1.30 bits per heavy atom. The Balaban J connectivity index is 1.59. The summed E-state index contributed by atoms with van der Waals surface area (Å²) in [6, 6.07) is 14.1. The molecule has 162 valence electrons. The molecule has 0 aliphatic carbocycles. The highest BCUT2D eigenvalue weighted by Gasteiger charge is 2.25. The van der Waals surface area contributed by atoms with E-state index in [2.05, 4.69) is 35.3 Å². The first kappa shape index (κ1) is 22.1. The Morgan fingerprint density at radius 3 is 2.73 bits per heavy atom. The van der Waals surface area contributed by atoms with Gasteiger partial charge in [0.15, 0.2) is 0 Å². The van der Waals surface area contributed by atoms with E-state index in [1.165, 1.54) is 6.92 Å². The quantitative estimate of drug-likeness (QED) is 0.656. The van der Waals surface area contributed by atoms with Crippen LogP contribution in [0.1, 0.15) is 63.3 Å². The van der Waals surface area contributed by atoms with Crippen LogP contribution in [0.25, 0.3) is 0 Å². The Hall–Kier alpha value is -2.60. The first-order valence-electron chi connectivity index (χ1n) is 10.9. The second-order valence-corrected chi connectivity index (χ2v) is 8.00. The highest BCUT2D eigenvalue weighted by Crippen LogP contribution is 2.27. The minimum absolute atomic E-state index is 0.0188. The van der Waals surface area contributed by atoms with Crippen molar-refractivity contribution in [2.24, 2.45) is 0 Å². The van der Waals surface area contributed by atoms with Gasteiger partial charge in [0.25, 0.3) is 0 Å². The molecule has 2 N–H and O–H groups in total. The van der Waals surface area contributed by atoms with Gasteiger partial charge in [0.1, 0.15) is 17.7 Å². The van der Waals surface area contributed by atoms with E-state index in [-0.39, 0.29) is 24.7 Å². The van der Waals surface area contributed by atoms with Crippen LogP contribution in [0.2, 0.25) is 0 Å². The maximum atomic E-state index is 11.2. The molecule has 1 aliphatic rings. The number of carbonyl (C=O) groups excluding carboxylic acids is 1. The fourth-order valence-electron chi connectivity index (χ4n) is 4.01. The van der Waals surface area contributed by atoms with Crippen LogP contribution in [-0.2, 0) is 4.79 Å². The average molecular weight is 412 g/mol. The Labute approximate surface area is 179 Å². The van der Waals surface area contributed by atoms with Gasteiger partial charge in [-0.05, 0) is 49.6 Å². The van der Waals surface area contributed by atoms with E-state index in [0.29, 0.717) is 5.92 Å². The number of rotatable bonds is 9. The minimum atomic E-state index is -0.0341. The first-order chi connectivity index (χ1) is 14.5. The summed E-state index contributed by atoms with van der Waals surface area (Å²) in [6.45, 7) is 7.53. The molecule has 3 atom stereocenters. The Morgan fingerprint density at radius 2 is 2.07 bits per heavy atom. The molecule has 1 saturated heterocycles. The molecule has 0 bridgehead atoms. The number of ether oxygens (including phenoxy) is 1. The van der Waals surface area contributed by atoms with E-state index in [0.717, 1.165) is 55.2 Å². The summed E-state index contributed by atoms with van der Waals surface area (Å²) in [5, 5.41) is 12.2. The predicted octanol–water partition coefficient (Wildman–Crippen LogP) is 3.81.